The third kappa shape index (κ3) is 2.89. The molecule has 0 amide bonds. The lowest BCUT2D eigenvalue weighted by molar-refractivity contribution is 0.122. The third-order valence-electron chi connectivity index (χ3n) is 1.90. The fourth-order valence-electron chi connectivity index (χ4n) is 1.21. The third-order valence-corrected chi connectivity index (χ3v) is 2.50. The van der Waals surface area contributed by atoms with Gasteiger partial charge in [0.05, 0.1) is 6.10 Å². The monoisotopic (exact) mass is 214 g/mol. The second-order valence-electron chi connectivity index (χ2n) is 3.53. The first kappa shape index (κ1) is 11.3. The number of benzene rings is 1. The first-order chi connectivity index (χ1) is 6.50. The van der Waals surface area contributed by atoms with Gasteiger partial charge in [0, 0.05) is 5.02 Å². The van der Waals surface area contributed by atoms with Crippen molar-refractivity contribution in [3.8, 4) is 5.75 Å². The molecule has 2 nitrogen and oxygen atoms in total. The molecule has 3 heteroatoms. The molecular formula is C11H15ClO2. The van der Waals surface area contributed by atoms with E-state index in [1.54, 1.807) is 6.92 Å². The van der Waals surface area contributed by atoms with Crippen LogP contribution in [-0.4, -0.2) is 17.8 Å². The predicted molar refractivity (Wildman–Crippen MR) is 58.1 cm³/mol. The summed E-state index contributed by atoms with van der Waals surface area (Å²) < 4.78 is 5.38. The van der Waals surface area contributed by atoms with Crippen molar-refractivity contribution < 1.29 is 9.84 Å². The molecule has 0 unspecified atom stereocenters. The van der Waals surface area contributed by atoms with Crippen LogP contribution in [0.15, 0.2) is 12.1 Å². The first-order valence-corrected chi connectivity index (χ1v) is 4.96. The summed E-state index contributed by atoms with van der Waals surface area (Å²) in [6.45, 7) is 5.87. The summed E-state index contributed by atoms with van der Waals surface area (Å²) in [6, 6.07) is 3.75. The van der Waals surface area contributed by atoms with Crippen molar-refractivity contribution >= 4 is 11.6 Å². The lowest BCUT2D eigenvalue weighted by Crippen LogP contribution is -2.12. The molecule has 0 aliphatic rings. The Morgan fingerprint density at radius 3 is 2.29 bits per heavy atom. The molecule has 0 saturated carbocycles. The van der Waals surface area contributed by atoms with Crippen molar-refractivity contribution in [2.45, 2.75) is 26.9 Å². The molecule has 0 saturated heterocycles. The SMILES string of the molecule is Cc1cc(OC[C@H](C)O)cc(C)c1Cl. The maximum Gasteiger partial charge on any atom is 0.120 e. The van der Waals surface area contributed by atoms with Gasteiger partial charge in [0.1, 0.15) is 12.4 Å². The van der Waals surface area contributed by atoms with E-state index in [0.29, 0.717) is 6.61 Å². The molecule has 1 atom stereocenters. The second-order valence-corrected chi connectivity index (χ2v) is 3.91. The zero-order valence-electron chi connectivity index (χ0n) is 8.67. The lowest BCUT2D eigenvalue weighted by Gasteiger charge is -2.11. The van der Waals surface area contributed by atoms with E-state index in [1.807, 2.05) is 26.0 Å². The summed E-state index contributed by atoms with van der Waals surface area (Å²) in [5.41, 5.74) is 1.99. The topological polar surface area (TPSA) is 29.5 Å². The average molecular weight is 215 g/mol. The molecule has 1 N–H and O–H groups in total. The minimum Gasteiger partial charge on any atom is -0.491 e. The molecule has 0 spiro atoms. The van der Waals surface area contributed by atoms with E-state index >= 15 is 0 Å². The lowest BCUT2D eigenvalue weighted by atomic mass is 10.1. The molecule has 0 bridgehead atoms. The molecule has 0 aromatic heterocycles. The molecular weight excluding hydrogens is 200 g/mol. The first-order valence-electron chi connectivity index (χ1n) is 4.58. The van der Waals surface area contributed by atoms with Gasteiger partial charge in [-0.3, -0.25) is 0 Å². The molecule has 1 rings (SSSR count). The second kappa shape index (κ2) is 4.67. The number of rotatable bonds is 3. The Kier molecular flexibility index (Phi) is 3.78. The van der Waals surface area contributed by atoms with Gasteiger partial charge in [-0.25, -0.2) is 0 Å². The number of hydrogen-bond donors (Lipinski definition) is 1. The van der Waals surface area contributed by atoms with Crippen LogP contribution in [0.5, 0.6) is 5.75 Å². The van der Waals surface area contributed by atoms with Crippen LogP contribution in [0, 0.1) is 13.8 Å². The van der Waals surface area contributed by atoms with E-state index in [0.717, 1.165) is 21.9 Å². The molecule has 78 valence electrons. The van der Waals surface area contributed by atoms with Crippen LogP contribution in [0.3, 0.4) is 0 Å². The molecule has 0 heterocycles. The van der Waals surface area contributed by atoms with Crippen molar-refractivity contribution in [1.82, 2.24) is 0 Å². The quantitative estimate of drug-likeness (QED) is 0.839. The van der Waals surface area contributed by atoms with E-state index in [9.17, 15) is 0 Å². The minimum atomic E-state index is -0.453. The Labute approximate surface area is 89.5 Å². The summed E-state index contributed by atoms with van der Waals surface area (Å²) in [6.07, 6.45) is -0.453. The Bertz CT molecular complexity index is 298. The molecule has 0 aliphatic carbocycles. The van der Waals surface area contributed by atoms with Crippen molar-refractivity contribution in [2.24, 2.45) is 0 Å². The van der Waals surface area contributed by atoms with Gasteiger partial charge in [0.25, 0.3) is 0 Å². The fourth-order valence-corrected chi connectivity index (χ4v) is 1.32. The highest BCUT2D eigenvalue weighted by Crippen LogP contribution is 2.25. The fraction of sp³-hybridized carbons (Fsp3) is 0.455. The summed E-state index contributed by atoms with van der Waals surface area (Å²) in [5.74, 6) is 0.755. The molecule has 0 fully saturated rings. The van der Waals surface area contributed by atoms with Crippen LogP contribution < -0.4 is 4.74 Å². The molecule has 0 radical (unpaired) electrons. The Morgan fingerprint density at radius 2 is 1.86 bits per heavy atom. The number of aryl methyl sites for hydroxylation is 2. The molecule has 0 aliphatic heterocycles. The smallest absolute Gasteiger partial charge is 0.120 e. The van der Waals surface area contributed by atoms with Crippen LogP contribution in [0.1, 0.15) is 18.1 Å². The highest BCUT2D eigenvalue weighted by molar-refractivity contribution is 6.32. The van der Waals surface area contributed by atoms with Crippen LogP contribution in [0.25, 0.3) is 0 Å². The highest BCUT2D eigenvalue weighted by atomic mass is 35.5. The predicted octanol–water partition coefficient (Wildman–Crippen LogP) is 2.72. The number of ether oxygens (including phenoxy) is 1. The van der Waals surface area contributed by atoms with Crippen molar-refractivity contribution in [2.75, 3.05) is 6.61 Å². The van der Waals surface area contributed by atoms with Gasteiger partial charge in [0.15, 0.2) is 0 Å². The summed E-state index contributed by atoms with van der Waals surface area (Å²) in [4.78, 5) is 0. The van der Waals surface area contributed by atoms with Gasteiger partial charge >= 0.3 is 0 Å². The summed E-state index contributed by atoms with van der Waals surface area (Å²) in [5, 5.41) is 9.83. The maximum atomic E-state index is 9.06. The highest BCUT2D eigenvalue weighted by Gasteiger charge is 2.04. The maximum absolute atomic E-state index is 9.06. The van der Waals surface area contributed by atoms with Gasteiger partial charge in [0.2, 0.25) is 0 Å². The van der Waals surface area contributed by atoms with Gasteiger partial charge < -0.3 is 9.84 Å². The van der Waals surface area contributed by atoms with E-state index in [1.165, 1.54) is 0 Å². The average Bonchev–Trinajstić information content (AvgIpc) is 2.10. The summed E-state index contributed by atoms with van der Waals surface area (Å²) in [7, 11) is 0. The minimum absolute atomic E-state index is 0.306. The number of halogens is 1. The summed E-state index contributed by atoms with van der Waals surface area (Å²) >= 11 is 6.01. The van der Waals surface area contributed by atoms with Crippen molar-refractivity contribution in [3.63, 3.8) is 0 Å². The van der Waals surface area contributed by atoms with Crippen LogP contribution in [0.2, 0.25) is 5.02 Å². The van der Waals surface area contributed by atoms with E-state index < -0.39 is 6.10 Å². The Balaban J connectivity index is 2.79. The van der Waals surface area contributed by atoms with E-state index in [4.69, 9.17) is 21.4 Å². The normalized spacial score (nSPS) is 12.6. The van der Waals surface area contributed by atoms with E-state index in [-0.39, 0.29) is 0 Å². The number of aliphatic hydroxyl groups is 1. The number of aliphatic hydroxyl groups excluding tert-OH is 1. The van der Waals surface area contributed by atoms with Gasteiger partial charge in [-0.2, -0.15) is 0 Å². The standard InChI is InChI=1S/C11H15ClO2/c1-7-4-10(14-6-9(3)13)5-8(2)11(7)12/h4-5,9,13H,6H2,1-3H3/t9-/m0/s1. The van der Waals surface area contributed by atoms with Gasteiger partial charge in [-0.1, -0.05) is 11.6 Å². The van der Waals surface area contributed by atoms with Crippen LogP contribution in [0.4, 0.5) is 0 Å². The van der Waals surface area contributed by atoms with E-state index in [2.05, 4.69) is 0 Å². The Morgan fingerprint density at radius 1 is 1.36 bits per heavy atom. The molecule has 1 aromatic carbocycles. The zero-order chi connectivity index (χ0) is 10.7. The number of hydrogen-bond acceptors (Lipinski definition) is 2. The van der Waals surface area contributed by atoms with Crippen molar-refractivity contribution in [1.29, 1.82) is 0 Å². The van der Waals surface area contributed by atoms with Crippen LogP contribution in [-0.2, 0) is 0 Å². The van der Waals surface area contributed by atoms with Crippen molar-refractivity contribution in [3.05, 3.63) is 28.3 Å². The molecule has 14 heavy (non-hydrogen) atoms. The molecule has 1 aromatic rings. The zero-order valence-corrected chi connectivity index (χ0v) is 9.43. The van der Waals surface area contributed by atoms with Gasteiger partial charge in [-0.05, 0) is 44.0 Å². The van der Waals surface area contributed by atoms with Gasteiger partial charge in [-0.15, -0.1) is 0 Å². The Hall–Kier alpha value is -0.730. The van der Waals surface area contributed by atoms with Crippen LogP contribution >= 0.6 is 11.6 Å². The largest absolute Gasteiger partial charge is 0.491 e.